The first kappa shape index (κ1) is 17.9. The predicted molar refractivity (Wildman–Crippen MR) is 102 cm³/mol. The standard InChI is InChI=1S/C16H19BrN2O3S2/c1-10(2)6-15(20)18-16-19(12-5-3-4-11(17)7-12)13-8-24(21,22)9-14(13)23-16/h3-5,7,10,13-14H,6,8-9H2,1-2H3/t13-,14+/m0/s1. The average Bonchev–Trinajstić information content (AvgIpc) is 2.88. The number of thioether (sulfide) groups is 1. The highest BCUT2D eigenvalue weighted by molar-refractivity contribution is 9.10. The van der Waals surface area contributed by atoms with Crippen molar-refractivity contribution in [2.75, 3.05) is 16.4 Å². The van der Waals surface area contributed by atoms with Crippen LogP contribution in [0.5, 0.6) is 0 Å². The van der Waals surface area contributed by atoms with Crippen LogP contribution in [0.1, 0.15) is 20.3 Å². The van der Waals surface area contributed by atoms with Crippen LogP contribution in [0.4, 0.5) is 5.69 Å². The quantitative estimate of drug-likeness (QED) is 0.736. The topological polar surface area (TPSA) is 66.8 Å². The minimum Gasteiger partial charge on any atom is -0.316 e. The lowest BCUT2D eigenvalue weighted by Crippen LogP contribution is -2.37. The van der Waals surface area contributed by atoms with E-state index in [0.717, 1.165) is 10.2 Å². The van der Waals surface area contributed by atoms with Crippen molar-refractivity contribution in [1.29, 1.82) is 0 Å². The van der Waals surface area contributed by atoms with E-state index in [-0.39, 0.29) is 34.6 Å². The number of amides is 1. The van der Waals surface area contributed by atoms with Crippen molar-refractivity contribution in [1.82, 2.24) is 0 Å². The summed E-state index contributed by atoms with van der Waals surface area (Å²) in [6.07, 6.45) is 0.393. The fourth-order valence-electron chi connectivity index (χ4n) is 2.99. The first-order chi connectivity index (χ1) is 11.2. The molecule has 0 N–H and O–H groups in total. The lowest BCUT2D eigenvalue weighted by Gasteiger charge is -2.24. The molecule has 2 fully saturated rings. The molecule has 2 atom stereocenters. The third kappa shape index (κ3) is 3.86. The van der Waals surface area contributed by atoms with E-state index in [1.165, 1.54) is 11.8 Å². The molecule has 0 bridgehead atoms. The molecule has 1 aromatic carbocycles. The van der Waals surface area contributed by atoms with Gasteiger partial charge in [0.2, 0.25) is 5.91 Å². The molecule has 2 aliphatic rings. The number of halogens is 1. The van der Waals surface area contributed by atoms with Crippen molar-refractivity contribution < 1.29 is 13.2 Å². The van der Waals surface area contributed by atoms with Gasteiger partial charge in [-0.1, -0.05) is 47.6 Å². The van der Waals surface area contributed by atoms with Gasteiger partial charge in [-0.3, -0.25) is 4.79 Å². The van der Waals surface area contributed by atoms with Gasteiger partial charge in [0.1, 0.15) is 0 Å². The van der Waals surface area contributed by atoms with Crippen molar-refractivity contribution in [3.63, 3.8) is 0 Å². The van der Waals surface area contributed by atoms with Crippen molar-refractivity contribution in [2.45, 2.75) is 31.6 Å². The average molecular weight is 431 g/mol. The summed E-state index contributed by atoms with van der Waals surface area (Å²) in [7, 11) is -3.04. The third-order valence-electron chi connectivity index (χ3n) is 3.96. The maximum atomic E-state index is 12.1. The summed E-state index contributed by atoms with van der Waals surface area (Å²) < 4.78 is 24.9. The van der Waals surface area contributed by atoms with Crippen LogP contribution >= 0.6 is 27.7 Å². The highest BCUT2D eigenvalue weighted by Gasteiger charge is 2.49. The normalized spacial score (nSPS) is 27.0. The molecule has 0 radical (unpaired) electrons. The van der Waals surface area contributed by atoms with E-state index in [1.54, 1.807) is 0 Å². The monoisotopic (exact) mass is 430 g/mol. The molecule has 0 saturated carbocycles. The van der Waals surface area contributed by atoms with Crippen molar-refractivity contribution >= 4 is 54.3 Å². The smallest absolute Gasteiger partial charge is 0.248 e. The number of nitrogens with zero attached hydrogens (tertiary/aromatic N) is 2. The van der Waals surface area contributed by atoms with E-state index >= 15 is 0 Å². The van der Waals surface area contributed by atoms with E-state index in [0.29, 0.717) is 11.6 Å². The van der Waals surface area contributed by atoms with E-state index in [9.17, 15) is 13.2 Å². The van der Waals surface area contributed by atoms with Crippen LogP contribution in [0.15, 0.2) is 33.7 Å². The number of rotatable bonds is 3. The van der Waals surface area contributed by atoms with Gasteiger partial charge in [-0.25, -0.2) is 8.42 Å². The van der Waals surface area contributed by atoms with E-state index in [2.05, 4.69) is 20.9 Å². The van der Waals surface area contributed by atoms with Crippen molar-refractivity contribution in [3.8, 4) is 0 Å². The summed E-state index contributed by atoms with van der Waals surface area (Å²) in [5.41, 5.74) is 0.859. The van der Waals surface area contributed by atoms with Gasteiger partial charge in [0, 0.05) is 21.8 Å². The molecule has 0 aliphatic carbocycles. The molecule has 1 aromatic rings. The third-order valence-corrected chi connectivity index (χ3v) is 7.66. The molecule has 24 heavy (non-hydrogen) atoms. The summed E-state index contributed by atoms with van der Waals surface area (Å²) in [6.45, 7) is 3.96. The van der Waals surface area contributed by atoms with Crippen LogP contribution < -0.4 is 4.90 Å². The van der Waals surface area contributed by atoms with Crippen LogP contribution in [-0.2, 0) is 14.6 Å². The zero-order valence-electron chi connectivity index (χ0n) is 13.5. The Bertz CT molecular complexity index is 792. The first-order valence-electron chi connectivity index (χ1n) is 7.78. The number of benzene rings is 1. The summed E-state index contributed by atoms with van der Waals surface area (Å²) >= 11 is 4.86. The largest absolute Gasteiger partial charge is 0.316 e. The molecular weight excluding hydrogens is 412 g/mol. The summed E-state index contributed by atoms with van der Waals surface area (Å²) in [4.78, 5) is 18.4. The van der Waals surface area contributed by atoms with Gasteiger partial charge >= 0.3 is 0 Å². The summed E-state index contributed by atoms with van der Waals surface area (Å²) in [6, 6.07) is 7.49. The first-order valence-corrected chi connectivity index (χ1v) is 11.3. The number of anilines is 1. The van der Waals surface area contributed by atoms with Gasteiger partial charge in [0.05, 0.1) is 17.5 Å². The number of amidine groups is 1. The molecule has 5 nitrogen and oxygen atoms in total. The maximum Gasteiger partial charge on any atom is 0.248 e. The maximum absolute atomic E-state index is 12.1. The minimum absolute atomic E-state index is 0.0698. The number of hydrogen-bond acceptors (Lipinski definition) is 4. The van der Waals surface area contributed by atoms with E-state index in [1.807, 2.05) is 43.0 Å². The minimum atomic E-state index is -3.04. The number of carbonyl (C=O) groups is 1. The Morgan fingerprint density at radius 1 is 1.42 bits per heavy atom. The van der Waals surface area contributed by atoms with E-state index < -0.39 is 9.84 Å². The number of sulfone groups is 1. The van der Waals surface area contributed by atoms with Crippen LogP contribution in [0.2, 0.25) is 0 Å². The molecule has 130 valence electrons. The lowest BCUT2D eigenvalue weighted by atomic mass is 10.1. The zero-order chi connectivity index (χ0) is 17.5. The molecule has 2 aliphatic heterocycles. The van der Waals surface area contributed by atoms with Crippen molar-refractivity contribution in [3.05, 3.63) is 28.7 Å². The fourth-order valence-corrected chi connectivity index (χ4v) is 7.31. The second kappa shape index (κ2) is 6.80. The SMILES string of the molecule is CC(C)CC(=O)N=C1S[C@@H]2CS(=O)(=O)C[C@@H]2N1c1cccc(Br)c1. The van der Waals surface area contributed by atoms with Gasteiger partial charge in [-0.2, -0.15) is 4.99 Å². The highest BCUT2D eigenvalue weighted by atomic mass is 79.9. The van der Waals surface area contributed by atoms with Gasteiger partial charge in [0.15, 0.2) is 15.0 Å². The summed E-state index contributed by atoms with van der Waals surface area (Å²) in [5, 5.41) is 0.545. The van der Waals surface area contributed by atoms with Crippen molar-refractivity contribution in [2.24, 2.45) is 10.9 Å². The van der Waals surface area contributed by atoms with Gasteiger partial charge < -0.3 is 4.90 Å². The molecule has 0 aromatic heterocycles. The van der Waals surface area contributed by atoms with Crippen LogP contribution in [0.3, 0.4) is 0 Å². The van der Waals surface area contributed by atoms with Crippen LogP contribution in [-0.4, -0.2) is 42.3 Å². The molecule has 2 saturated heterocycles. The fraction of sp³-hybridized carbons (Fsp3) is 0.500. The Kier molecular flexibility index (Phi) is 5.09. The molecular formula is C16H19BrN2O3S2. The Hall–Kier alpha value is -0.860. The molecule has 0 spiro atoms. The van der Waals surface area contributed by atoms with Crippen LogP contribution in [0.25, 0.3) is 0 Å². The van der Waals surface area contributed by atoms with Gasteiger partial charge in [-0.05, 0) is 24.1 Å². The Morgan fingerprint density at radius 3 is 2.83 bits per heavy atom. The number of hydrogen-bond donors (Lipinski definition) is 0. The number of fused-ring (bicyclic) bond motifs is 1. The van der Waals surface area contributed by atoms with Gasteiger partial charge in [-0.15, -0.1) is 0 Å². The lowest BCUT2D eigenvalue weighted by molar-refractivity contribution is -0.118. The van der Waals surface area contributed by atoms with Crippen LogP contribution in [0, 0.1) is 5.92 Å². The molecule has 3 rings (SSSR count). The molecule has 2 heterocycles. The molecule has 0 unspecified atom stereocenters. The molecule has 1 amide bonds. The molecule has 8 heteroatoms. The second-order valence-corrected chi connectivity index (χ2v) is 10.8. The number of aliphatic imine (C=N–C) groups is 1. The zero-order valence-corrected chi connectivity index (χ0v) is 16.7. The predicted octanol–water partition coefficient (Wildman–Crippen LogP) is 3.10. The Morgan fingerprint density at radius 2 is 2.17 bits per heavy atom. The second-order valence-electron chi connectivity index (χ2n) is 6.54. The number of carbonyl (C=O) groups excluding carboxylic acids is 1. The Balaban J connectivity index is 1.97. The van der Waals surface area contributed by atoms with Gasteiger partial charge in [0.25, 0.3) is 0 Å². The highest BCUT2D eigenvalue weighted by Crippen LogP contribution is 2.41. The Labute approximate surface area is 155 Å². The van der Waals surface area contributed by atoms with E-state index in [4.69, 9.17) is 0 Å². The summed E-state index contributed by atoms with van der Waals surface area (Å²) in [5.74, 6) is 0.335.